The van der Waals surface area contributed by atoms with E-state index in [1.54, 1.807) is 0 Å². The minimum atomic E-state index is -1.03. The number of benzene rings is 2. The maximum Gasteiger partial charge on any atom is 0.223 e. The van der Waals surface area contributed by atoms with Gasteiger partial charge in [-0.3, -0.25) is 4.79 Å². The summed E-state index contributed by atoms with van der Waals surface area (Å²) < 4.78 is 24.1. The minimum Gasteiger partial charge on any atom is -0.463 e. The summed E-state index contributed by atoms with van der Waals surface area (Å²) in [6, 6.07) is 16.5. The second-order valence-electron chi connectivity index (χ2n) is 8.43. The molecule has 7 heteroatoms. The van der Waals surface area contributed by atoms with Crippen LogP contribution in [0, 0.1) is 0 Å². The lowest BCUT2D eigenvalue weighted by Crippen LogP contribution is -2.67. The van der Waals surface area contributed by atoms with Gasteiger partial charge in [-0.05, 0) is 30.0 Å². The Labute approximate surface area is 188 Å². The second-order valence-corrected chi connectivity index (χ2v) is 8.43. The highest BCUT2D eigenvalue weighted by atomic mass is 16.7. The number of fused-ring (bicyclic) bond motifs is 1. The second kappa shape index (κ2) is 10.0. The van der Waals surface area contributed by atoms with Crippen LogP contribution in [0.5, 0.6) is 5.75 Å². The first-order valence-electron chi connectivity index (χ1n) is 11.2. The summed E-state index contributed by atoms with van der Waals surface area (Å²) in [4.78, 5) is 11.9. The van der Waals surface area contributed by atoms with Gasteiger partial charge in [0.15, 0.2) is 6.29 Å². The summed E-state index contributed by atoms with van der Waals surface area (Å²) in [7, 11) is 0. The predicted octanol–water partition coefficient (Wildman–Crippen LogP) is 3.28. The number of carbonyl (C=O) groups excluding carboxylic acids is 1. The zero-order chi connectivity index (χ0) is 22.7. The van der Waals surface area contributed by atoms with Crippen molar-refractivity contribution in [2.45, 2.75) is 70.0 Å². The molecular formula is C25H31NO6. The van der Waals surface area contributed by atoms with Gasteiger partial charge in [0.1, 0.15) is 30.1 Å². The van der Waals surface area contributed by atoms with E-state index in [0.29, 0.717) is 11.7 Å². The van der Waals surface area contributed by atoms with Crippen LogP contribution in [0.25, 0.3) is 0 Å². The molecule has 0 spiro atoms. The average molecular weight is 442 g/mol. The molecule has 0 aromatic heterocycles. The van der Waals surface area contributed by atoms with Crippen LogP contribution >= 0.6 is 0 Å². The number of amides is 1. The van der Waals surface area contributed by atoms with Gasteiger partial charge in [-0.25, -0.2) is 0 Å². The molecule has 7 nitrogen and oxygen atoms in total. The number of aliphatic hydroxyl groups excluding tert-OH is 1. The van der Waals surface area contributed by atoms with E-state index < -0.39 is 36.9 Å². The molecule has 0 saturated carbocycles. The molecule has 1 amide bonds. The highest BCUT2D eigenvalue weighted by Gasteiger charge is 2.50. The third kappa shape index (κ3) is 4.96. The average Bonchev–Trinajstić information content (AvgIpc) is 2.82. The van der Waals surface area contributed by atoms with E-state index in [4.69, 9.17) is 18.9 Å². The molecule has 0 aliphatic carbocycles. The molecular weight excluding hydrogens is 410 g/mol. The first-order chi connectivity index (χ1) is 15.5. The fourth-order valence-electron chi connectivity index (χ4n) is 4.11. The number of hydrogen-bond acceptors (Lipinski definition) is 6. The van der Waals surface area contributed by atoms with E-state index in [2.05, 4.69) is 19.2 Å². The van der Waals surface area contributed by atoms with Crippen LogP contribution in [-0.2, 0) is 19.0 Å². The number of rotatable bonds is 6. The van der Waals surface area contributed by atoms with Crippen LogP contribution in [-0.4, -0.2) is 48.3 Å². The van der Waals surface area contributed by atoms with Crippen molar-refractivity contribution in [3.8, 4) is 5.75 Å². The SMILES string of the molecule is CC[C@H](C)c1ccc(O[C@@H]2O[C@@H]3CO[C@H](c4ccccc4)O[C@@H]3[C@@H](O)[C@H]2NC(C)=O)cc1. The molecule has 2 heterocycles. The van der Waals surface area contributed by atoms with Gasteiger partial charge in [0, 0.05) is 12.5 Å². The van der Waals surface area contributed by atoms with Crippen LogP contribution in [0.15, 0.2) is 54.6 Å². The Morgan fingerprint density at radius 1 is 1.16 bits per heavy atom. The Kier molecular flexibility index (Phi) is 7.10. The first-order valence-corrected chi connectivity index (χ1v) is 11.2. The summed E-state index contributed by atoms with van der Waals surface area (Å²) in [6.07, 6.45) is -2.67. The Bertz CT molecular complexity index is 889. The van der Waals surface area contributed by atoms with Gasteiger partial charge in [-0.2, -0.15) is 0 Å². The lowest BCUT2D eigenvalue weighted by atomic mass is 9.95. The minimum absolute atomic E-state index is 0.237. The highest BCUT2D eigenvalue weighted by molar-refractivity contribution is 5.73. The maximum absolute atomic E-state index is 11.9. The predicted molar refractivity (Wildman–Crippen MR) is 118 cm³/mol. The molecule has 2 aliphatic rings. The molecule has 0 radical (unpaired) electrons. The van der Waals surface area contributed by atoms with Crippen molar-refractivity contribution in [3.63, 3.8) is 0 Å². The molecule has 4 rings (SSSR count). The van der Waals surface area contributed by atoms with Crippen molar-refractivity contribution < 1.29 is 28.8 Å². The fraction of sp³-hybridized carbons (Fsp3) is 0.480. The molecule has 0 unspecified atom stereocenters. The van der Waals surface area contributed by atoms with E-state index in [1.807, 2.05) is 54.6 Å². The topological polar surface area (TPSA) is 86.2 Å². The monoisotopic (exact) mass is 441 g/mol. The molecule has 32 heavy (non-hydrogen) atoms. The van der Waals surface area contributed by atoms with Crippen molar-refractivity contribution in [2.75, 3.05) is 6.61 Å². The van der Waals surface area contributed by atoms with E-state index in [0.717, 1.165) is 12.0 Å². The van der Waals surface area contributed by atoms with Crippen LogP contribution in [0.2, 0.25) is 0 Å². The molecule has 172 valence electrons. The molecule has 2 saturated heterocycles. The quantitative estimate of drug-likeness (QED) is 0.716. The van der Waals surface area contributed by atoms with Crippen LogP contribution in [0.4, 0.5) is 0 Å². The van der Waals surface area contributed by atoms with Gasteiger partial charge in [0.2, 0.25) is 12.2 Å². The van der Waals surface area contributed by atoms with E-state index in [-0.39, 0.29) is 12.5 Å². The molecule has 2 N–H and O–H groups in total. The summed E-state index contributed by atoms with van der Waals surface area (Å²) in [6.45, 7) is 5.96. The van der Waals surface area contributed by atoms with Crippen molar-refractivity contribution >= 4 is 5.91 Å². The zero-order valence-corrected chi connectivity index (χ0v) is 18.6. The van der Waals surface area contributed by atoms with Gasteiger partial charge in [0.05, 0.1) is 6.61 Å². The maximum atomic E-state index is 11.9. The number of carbonyl (C=O) groups is 1. The first kappa shape index (κ1) is 22.7. The van der Waals surface area contributed by atoms with Crippen molar-refractivity contribution in [3.05, 3.63) is 65.7 Å². The van der Waals surface area contributed by atoms with Gasteiger partial charge >= 0.3 is 0 Å². The third-order valence-electron chi connectivity index (χ3n) is 6.12. The number of ether oxygens (including phenoxy) is 4. The highest BCUT2D eigenvalue weighted by Crippen LogP contribution is 2.35. The van der Waals surface area contributed by atoms with E-state index >= 15 is 0 Å². The molecule has 2 aliphatic heterocycles. The summed E-state index contributed by atoms with van der Waals surface area (Å²) in [5.74, 6) is 0.769. The van der Waals surface area contributed by atoms with Crippen molar-refractivity contribution in [1.29, 1.82) is 0 Å². The Morgan fingerprint density at radius 3 is 2.53 bits per heavy atom. The van der Waals surface area contributed by atoms with Crippen molar-refractivity contribution in [1.82, 2.24) is 5.32 Å². The molecule has 2 aromatic rings. The molecule has 2 aromatic carbocycles. The molecule has 0 bridgehead atoms. The Balaban J connectivity index is 1.50. The lowest BCUT2D eigenvalue weighted by molar-refractivity contribution is -0.333. The van der Waals surface area contributed by atoms with Gasteiger partial charge in [-0.1, -0.05) is 56.3 Å². The normalized spacial score (nSPS) is 30.8. The Hall–Kier alpha value is -2.45. The largest absolute Gasteiger partial charge is 0.463 e. The van der Waals surface area contributed by atoms with Gasteiger partial charge in [-0.15, -0.1) is 0 Å². The number of hydrogen-bond donors (Lipinski definition) is 2. The molecule has 7 atom stereocenters. The van der Waals surface area contributed by atoms with Gasteiger partial charge in [0.25, 0.3) is 0 Å². The Morgan fingerprint density at radius 2 is 1.88 bits per heavy atom. The molecule has 2 fully saturated rings. The summed E-state index contributed by atoms with van der Waals surface area (Å²) >= 11 is 0. The van der Waals surface area contributed by atoms with Crippen LogP contribution in [0.3, 0.4) is 0 Å². The zero-order valence-electron chi connectivity index (χ0n) is 18.6. The van der Waals surface area contributed by atoms with E-state index in [9.17, 15) is 9.90 Å². The van der Waals surface area contributed by atoms with E-state index in [1.165, 1.54) is 12.5 Å². The lowest BCUT2D eigenvalue weighted by Gasteiger charge is -2.47. The van der Waals surface area contributed by atoms with Crippen LogP contribution < -0.4 is 10.1 Å². The van der Waals surface area contributed by atoms with Crippen molar-refractivity contribution in [2.24, 2.45) is 0 Å². The summed E-state index contributed by atoms with van der Waals surface area (Å²) in [5.41, 5.74) is 2.08. The standard InChI is InChI=1S/C25H31NO6/c1-4-15(2)17-10-12-19(13-11-17)30-25-21(26-16(3)27)22(28)23-20(31-25)14-29-24(32-23)18-8-6-5-7-9-18/h5-13,15,20-25,28H,4,14H2,1-3H3,(H,26,27)/t15-,20+,21+,22-,23-,24-,25+/m0/s1. The number of aliphatic hydroxyl groups is 1. The fourth-order valence-corrected chi connectivity index (χ4v) is 4.11. The summed E-state index contributed by atoms with van der Waals surface area (Å²) in [5, 5.41) is 13.9. The number of nitrogens with one attached hydrogen (secondary N) is 1. The smallest absolute Gasteiger partial charge is 0.223 e. The van der Waals surface area contributed by atoms with Gasteiger partial charge < -0.3 is 29.4 Å². The third-order valence-corrected chi connectivity index (χ3v) is 6.12. The van der Waals surface area contributed by atoms with Crippen LogP contribution in [0.1, 0.15) is 50.5 Å².